The van der Waals surface area contributed by atoms with Crippen molar-refractivity contribution in [1.29, 1.82) is 0 Å². The van der Waals surface area contributed by atoms with Crippen molar-refractivity contribution in [3.05, 3.63) is 83.2 Å². The van der Waals surface area contributed by atoms with Crippen molar-refractivity contribution in [2.24, 2.45) is 9.98 Å². The van der Waals surface area contributed by atoms with Crippen molar-refractivity contribution < 1.29 is 22.7 Å². The molecule has 1 heterocycles. The van der Waals surface area contributed by atoms with Crippen molar-refractivity contribution >= 4 is 49.0 Å². The zero-order valence-corrected chi connectivity index (χ0v) is 20.2. The molecule has 0 radical (unpaired) electrons. The van der Waals surface area contributed by atoms with Gasteiger partial charge in [0.25, 0.3) is 0 Å². The second-order valence-electron chi connectivity index (χ2n) is 6.60. The summed E-state index contributed by atoms with van der Waals surface area (Å²) in [6.07, 6.45) is 0. The second kappa shape index (κ2) is 12.5. The zero-order valence-electron chi connectivity index (χ0n) is 17.6. The molecule has 0 aliphatic rings. The van der Waals surface area contributed by atoms with E-state index in [0.29, 0.717) is 5.56 Å². The molecule has 0 unspecified atom stereocenters. The molecule has 0 saturated heterocycles. The van der Waals surface area contributed by atoms with E-state index in [9.17, 15) is 4.79 Å². The average molecular weight is 500 g/mol. The maximum absolute atomic E-state index is 11.5. The number of hydrogen-bond acceptors (Lipinski definition) is 4. The minimum absolute atomic E-state index is 0.194. The van der Waals surface area contributed by atoms with Gasteiger partial charge in [-0.05, 0) is 69.3 Å². The van der Waals surface area contributed by atoms with Crippen LogP contribution in [0.5, 0.6) is 0 Å². The van der Waals surface area contributed by atoms with Crippen molar-refractivity contribution in [2.75, 3.05) is 7.11 Å². The monoisotopic (exact) mass is 499 g/mol. The molecule has 8 heteroatoms. The van der Waals surface area contributed by atoms with Gasteiger partial charge in [-0.1, -0.05) is 17.7 Å². The van der Waals surface area contributed by atoms with Crippen molar-refractivity contribution in [3.63, 3.8) is 0 Å². The first-order valence-corrected chi connectivity index (χ1v) is 12.3. The second-order valence-corrected chi connectivity index (χ2v) is 8.43. The summed E-state index contributed by atoms with van der Waals surface area (Å²) in [7, 11) is 10.9. The van der Waals surface area contributed by atoms with Crippen LogP contribution >= 0.6 is 20.2 Å². The predicted molar refractivity (Wildman–Crippen MR) is 125 cm³/mol. The van der Waals surface area contributed by atoms with Gasteiger partial charge in [-0.3, -0.25) is 9.98 Å². The van der Waals surface area contributed by atoms with Crippen LogP contribution in [0.2, 0.25) is 0 Å². The number of aliphatic imine (C=N–C) groups is 2. The van der Waals surface area contributed by atoms with Gasteiger partial charge in [-0.25, -0.2) is 4.79 Å². The van der Waals surface area contributed by atoms with Gasteiger partial charge in [0.1, 0.15) is 0 Å². The summed E-state index contributed by atoms with van der Waals surface area (Å²) >= 11 is 0.194. The zero-order chi connectivity index (χ0) is 22.8. The van der Waals surface area contributed by atoms with E-state index in [2.05, 4.69) is 34.0 Å². The number of rotatable bonds is 5. The molecular formula is C23H23Cl2FeN3O2. The first-order chi connectivity index (χ1) is 14.9. The van der Waals surface area contributed by atoms with Gasteiger partial charge >= 0.3 is 39.3 Å². The van der Waals surface area contributed by atoms with Gasteiger partial charge < -0.3 is 9.72 Å². The minimum atomic E-state index is -0.357. The number of carbonyl (C=O) groups excluding carboxylic acids is 1. The number of nitrogens with one attached hydrogen (secondary N) is 1. The third-order valence-corrected chi connectivity index (χ3v) is 4.38. The summed E-state index contributed by atoms with van der Waals surface area (Å²) in [4.78, 5) is 24.2. The number of benzene rings is 2. The molecule has 3 aromatic rings. The Labute approximate surface area is 197 Å². The van der Waals surface area contributed by atoms with E-state index < -0.39 is 0 Å². The number of carbonyl (C=O) groups is 1. The molecule has 1 aromatic heterocycles. The maximum atomic E-state index is 11.5. The first-order valence-electron chi connectivity index (χ1n) is 9.28. The Hall–Kier alpha value is -2.37. The molecule has 0 atom stereocenters. The molecule has 0 aliphatic carbocycles. The van der Waals surface area contributed by atoms with Crippen LogP contribution in [0.25, 0.3) is 0 Å². The van der Waals surface area contributed by atoms with E-state index in [1.807, 2.05) is 38.1 Å². The molecule has 0 aliphatic heterocycles. The molecule has 0 saturated carbocycles. The Kier molecular flexibility index (Phi) is 10.0. The molecule has 0 amide bonds. The van der Waals surface area contributed by atoms with Gasteiger partial charge in [0, 0.05) is 0 Å². The molecule has 0 spiro atoms. The Morgan fingerprint density at radius 1 is 0.839 bits per heavy atom. The molecule has 2 aromatic carbocycles. The number of aryl methyl sites for hydroxylation is 1. The Morgan fingerprint density at radius 3 is 1.68 bits per heavy atom. The van der Waals surface area contributed by atoms with Gasteiger partial charge in [0.2, 0.25) is 0 Å². The van der Waals surface area contributed by atoms with Gasteiger partial charge in [0.05, 0.1) is 46.9 Å². The quantitative estimate of drug-likeness (QED) is 0.239. The van der Waals surface area contributed by atoms with Crippen LogP contribution in [0.15, 0.2) is 70.6 Å². The summed E-state index contributed by atoms with van der Waals surface area (Å²) in [6, 6.07) is 19.1. The van der Waals surface area contributed by atoms with Crippen LogP contribution in [0, 0.1) is 6.92 Å². The molecule has 0 bridgehead atoms. The number of nitrogens with zero attached hydrogens (tertiary/aromatic N) is 2. The topological polar surface area (TPSA) is 66.8 Å². The number of esters is 1. The molecule has 31 heavy (non-hydrogen) atoms. The number of halogens is 2. The molecule has 5 nitrogen and oxygen atoms in total. The average Bonchev–Trinajstić information content (AvgIpc) is 3.27. The van der Waals surface area contributed by atoms with E-state index >= 15 is 0 Å². The van der Waals surface area contributed by atoms with Crippen LogP contribution in [0.4, 0.5) is 11.4 Å². The van der Waals surface area contributed by atoms with Crippen LogP contribution in [0.3, 0.4) is 0 Å². The number of aromatic amines is 1. The van der Waals surface area contributed by atoms with E-state index in [4.69, 9.17) is 24.9 Å². The van der Waals surface area contributed by atoms with Crippen LogP contribution in [-0.2, 0) is 17.9 Å². The van der Waals surface area contributed by atoms with E-state index in [1.54, 1.807) is 24.3 Å². The Morgan fingerprint density at radius 2 is 1.26 bits per heavy atom. The van der Waals surface area contributed by atoms with Crippen molar-refractivity contribution in [2.45, 2.75) is 20.8 Å². The molecular weight excluding hydrogens is 477 g/mol. The third kappa shape index (κ3) is 7.67. The fraction of sp³-hybridized carbons (Fsp3) is 0.174. The summed E-state index contributed by atoms with van der Waals surface area (Å²) in [5.74, 6) is -0.357. The van der Waals surface area contributed by atoms with Crippen LogP contribution < -0.4 is 0 Å². The fourth-order valence-corrected chi connectivity index (χ4v) is 2.73. The number of methoxy groups -OCH3 is 1. The molecule has 164 valence electrons. The van der Waals surface area contributed by atoms with Crippen molar-refractivity contribution in [1.82, 2.24) is 4.98 Å². The predicted octanol–water partition coefficient (Wildman–Crippen LogP) is 6.77. The summed E-state index contributed by atoms with van der Waals surface area (Å²) < 4.78 is 4.71. The van der Waals surface area contributed by atoms with Gasteiger partial charge in [-0.2, -0.15) is 0 Å². The molecule has 3 rings (SSSR count). The SMILES string of the molecule is COC(=O)c1ccc(N=C(C)c2ccc(C(C)=Nc3ccc(C)cc3)[nH]2)cc1.[Cl][Fe][Cl]. The summed E-state index contributed by atoms with van der Waals surface area (Å²) in [5.41, 5.74) is 7.04. The third-order valence-electron chi connectivity index (χ3n) is 4.38. The van der Waals surface area contributed by atoms with Crippen LogP contribution in [0.1, 0.15) is 41.2 Å². The number of aromatic nitrogens is 1. The normalized spacial score (nSPS) is 11.7. The number of hydrogen-bond donors (Lipinski definition) is 1. The van der Waals surface area contributed by atoms with Crippen LogP contribution in [-0.4, -0.2) is 29.5 Å². The van der Waals surface area contributed by atoms with E-state index in [-0.39, 0.29) is 19.1 Å². The summed E-state index contributed by atoms with van der Waals surface area (Å²) in [5, 5.41) is 0. The number of H-pyrrole nitrogens is 1. The van der Waals surface area contributed by atoms with Crippen molar-refractivity contribution in [3.8, 4) is 0 Å². The Bertz CT molecular complexity index is 1060. The number of ether oxygens (including phenoxy) is 1. The van der Waals surface area contributed by atoms with Gasteiger partial charge in [-0.15, -0.1) is 0 Å². The Balaban J connectivity index is 0.00000107. The first kappa shape index (κ1) is 24.9. The fourth-order valence-electron chi connectivity index (χ4n) is 2.73. The molecule has 1 N–H and O–H groups in total. The standard InChI is InChI=1S/C23H23N3O2.2ClH.Fe/c1-15-5-9-19(10-6-15)24-16(2)21-13-14-22(26-21)17(3)25-20-11-7-18(8-12-20)23(27)28-4;;;/h5-14,26H,1-4H3;2*1H;/q;;;+2/p-2. The van der Waals surface area contributed by atoms with E-state index in [1.165, 1.54) is 12.7 Å². The van der Waals surface area contributed by atoms with Gasteiger partial charge in [0.15, 0.2) is 0 Å². The molecule has 0 fully saturated rings. The van der Waals surface area contributed by atoms with E-state index in [0.717, 1.165) is 34.2 Å². The summed E-state index contributed by atoms with van der Waals surface area (Å²) in [6.45, 7) is 5.98.